The molecule has 24 heavy (non-hydrogen) atoms. The Bertz CT molecular complexity index is 853. The molecule has 0 spiro atoms. The number of rotatable bonds is 4. The van der Waals surface area contributed by atoms with Crippen LogP contribution < -0.4 is 5.43 Å². The van der Waals surface area contributed by atoms with Crippen LogP contribution in [0.4, 0.5) is 0 Å². The molecule has 0 aliphatic carbocycles. The first kappa shape index (κ1) is 15.7. The summed E-state index contributed by atoms with van der Waals surface area (Å²) in [5, 5.41) is 4.02. The maximum absolute atomic E-state index is 12.1. The van der Waals surface area contributed by atoms with Crippen molar-refractivity contribution in [2.24, 2.45) is 5.10 Å². The van der Waals surface area contributed by atoms with E-state index in [-0.39, 0.29) is 5.91 Å². The van der Waals surface area contributed by atoms with Gasteiger partial charge in [0.25, 0.3) is 5.91 Å². The van der Waals surface area contributed by atoms with E-state index < -0.39 is 0 Å². The Labute approximate surface area is 141 Å². The minimum atomic E-state index is -0.224. The number of hydrogen-bond acceptors (Lipinski definition) is 2. The average Bonchev–Trinajstić information content (AvgIpc) is 2.63. The topological polar surface area (TPSA) is 41.5 Å². The van der Waals surface area contributed by atoms with Crippen molar-refractivity contribution in [2.75, 3.05) is 0 Å². The number of aryl methyl sites for hydroxylation is 1. The van der Waals surface area contributed by atoms with Crippen molar-refractivity contribution in [1.82, 2.24) is 5.43 Å². The largest absolute Gasteiger partial charge is 0.271 e. The lowest BCUT2D eigenvalue weighted by atomic mass is 10.0. The van der Waals surface area contributed by atoms with E-state index in [1.807, 2.05) is 73.7 Å². The molecule has 1 N–H and O–H groups in total. The number of benzene rings is 3. The van der Waals surface area contributed by atoms with Gasteiger partial charge in [0.15, 0.2) is 0 Å². The standard InChI is InChI=1S/C21H18N2O/c1-16-6-5-7-17(14-16)15-22-23-21(24)20-12-10-19(11-13-20)18-8-3-2-4-9-18/h2-15H,1H3,(H,23,24)/b22-15+. The summed E-state index contributed by atoms with van der Waals surface area (Å²) in [6.45, 7) is 2.02. The summed E-state index contributed by atoms with van der Waals surface area (Å²) in [4.78, 5) is 12.1. The van der Waals surface area contributed by atoms with Gasteiger partial charge in [-0.3, -0.25) is 4.79 Å². The highest BCUT2D eigenvalue weighted by Crippen LogP contribution is 2.19. The van der Waals surface area contributed by atoms with E-state index >= 15 is 0 Å². The summed E-state index contributed by atoms with van der Waals surface area (Å²) >= 11 is 0. The number of carbonyl (C=O) groups excluding carboxylic acids is 1. The SMILES string of the molecule is Cc1cccc(/C=N/NC(=O)c2ccc(-c3ccccc3)cc2)c1. The minimum Gasteiger partial charge on any atom is -0.267 e. The van der Waals surface area contributed by atoms with E-state index in [4.69, 9.17) is 0 Å². The lowest BCUT2D eigenvalue weighted by molar-refractivity contribution is 0.0955. The van der Waals surface area contributed by atoms with Crippen LogP contribution in [0.15, 0.2) is 84.0 Å². The monoisotopic (exact) mass is 314 g/mol. The van der Waals surface area contributed by atoms with Crippen LogP contribution in [-0.4, -0.2) is 12.1 Å². The van der Waals surface area contributed by atoms with Crippen LogP contribution >= 0.6 is 0 Å². The van der Waals surface area contributed by atoms with E-state index in [9.17, 15) is 4.79 Å². The molecule has 0 saturated carbocycles. The third-order valence-corrected chi connectivity index (χ3v) is 3.68. The van der Waals surface area contributed by atoms with Gasteiger partial charge >= 0.3 is 0 Å². The first-order chi connectivity index (χ1) is 11.7. The third kappa shape index (κ3) is 3.96. The fraction of sp³-hybridized carbons (Fsp3) is 0.0476. The molecule has 0 fully saturated rings. The van der Waals surface area contributed by atoms with Gasteiger partial charge in [-0.15, -0.1) is 0 Å². The fourth-order valence-corrected chi connectivity index (χ4v) is 2.43. The van der Waals surface area contributed by atoms with E-state index in [2.05, 4.69) is 10.5 Å². The predicted molar refractivity (Wildman–Crippen MR) is 98.1 cm³/mol. The maximum Gasteiger partial charge on any atom is 0.271 e. The summed E-state index contributed by atoms with van der Waals surface area (Å²) in [7, 11) is 0. The molecule has 0 saturated heterocycles. The number of nitrogens with zero attached hydrogens (tertiary/aromatic N) is 1. The van der Waals surface area contributed by atoms with Gasteiger partial charge in [-0.1, -0.05) is 72.3 Å². The van der Waals surface area contributed by atoms with Gasteiger partial charge in [-0.2, -0.15) is 5.10 Å². The molecule has 3 aromatic rings. The van der Waals surface area contributed by atoms with Gasteiger partial charge in [-0.05, 0) is 35.7 Å². The number of nitrogens with one attached hydrogen (secondary N) is 1. The van der Waals surface area contributed by atoms with E-state index in [1.165, 1.54) is 0 Å². The van der Waals surface area contributed by atoms with Crippen molar-refractivity contribution in [3.8, 4) is 11.1 Å². The lowest BCUT2D eigenvalue weighted by Crippen LogP contribution is -2.17. The molecule has 0 aliphatic rings. The molecular formula is C21H18N2O. The molecule has 1 amide bonds. The van der Waals surface area contributed by atoms with Crippen LogP contribution in [0, 0.1) is 6.92 Å². The number of carbonyl (C=O) groups is 1. The van der Waals surface area contributed by atoms with Gasteiger partial charge in [0.1, 0.15) is 0 Å². The maximum atomic E-state index is 12.1. The third-order valence-electron chi connectivity index (χ3n) is 3.68. The Kier molecular flexibility index (Phi) is 4.82. The van der Waals surface area contributed by atoms with Gasteiger partial charge in [-0.25, -0.2) is 5.43 Å². The van der Waals surface area contributed by atoms with Crippen LogP contribution in [0.2, 0.25) is 0 Å². The Balaban J connectivity index is 1.65. The molecule has 3 heteroatoms. The summed E-state index contributed by atoms with van der Waals surface area (Å²) in [6, 6.07) is 25.5. The Morgan fingerprint density at radius 2 is 1.58 bits per heavy atom. The molecular weight excluding hydrogens is 296 g/mol. The predicted octanol–water partition coefficient (Wildman–Crippen LogP) is 4.43. The van der Waals surface area contributed by atoms with Crippen LogP contribution in [-0.2, 0) is 0 Å². The van der Waals surface area contributed by atoms with Gasteiger partial charge in [0, 0.05) is 5.56 Å². The minimum absolute atomic E-state index is 0.224. The van der Waals surface area contributed by atoms with Crippen molar-refractivity contribution in [3.63, 3.8) is 0 Å². The second-order valence-corrected chi connectivity index (χ2v) is 5.56. The summed E-state index contributed by atoms with van der Waals surface area (Å²) in [6.07, 6.45) is 1.64. The first-order valence-electron chi connectivity index (χ1n) is 7.78. The zero-order chi connectivity index (χ0) is 16.8. The second-order valence-electron chi connectivity index (χ2n) is 5.56. The zero-order valence-corrected chi connectivity index (χ0v) is 13.4. The number of hydrazone groups is 1. The van der Waals surface area contributed by atoms with Crippen LogP contribution in [0.1, 0.15) is 21.5 Å². The molecule has 0 heterocycles. The zero-order valence-electron chi connectivity index (χ0n) is 13.4. The molecule has 3 nitrogen and oxygen atoms in total. The summed E-state index contributed by atoms with van der Waals surface area (Å²) in [5.41, 5.74) is 7.45. The number of hydrogen-bond donors (Lipinski definition) is 1. The highest BCUT2D eigenvalue weighted by Gasteiger charge is 2.04. The van der Waals surface area contributed by atoms with Crippen molar-refractivity contribution < 1.29 is 4.79 Å². The lowest BCUT2D eigenvalue weighted by Gasteiger charge is -2.03. The van der Waals surface area contributed by atoms with Crippen molar-refractivity contribution >= 4 is 12.1 Å². The van der Waals surface area contributed by atoms with E-state index in [0.29, 0.717) is 5.56 Å². The molecule has 3 aromatic carbocycles. The van der Waals surface area contributed by atoms with Crippen molar-refractivity contribution in [3.05, 3.63) is 95.6 Å². The van der Waals surface area contributed by atoms with Crippen molar-refractivity contribution in [2.45, 2.75) is 6.92 Å². The molecule has 3 rings (SSSR count). The molecule has 0 unspecified atom stereocenters. The second kappa shape index (κ2) is 7.38. The Morgan fingerprint density at radius 3 is 2.29 bits per heavy atom. The molecule has 0 atom stereocenters. The highest BCUT2D eigenvalue weighted by molar-refractivity contribution is 5.95. The summed E-state index contributed by atoms with van der Waals surface area (Å²) in [5.74, 6) is -0.224. The average molecular weight is 314 g/mol. The van der Waals surface area contributed by atoms with Crippen molar-refractivity contribution in [1.29, 1.82) is 0 Å². The van der Waals surface area contributed by atoms with Gasteiger partial charge in [0.2, 0.25) is 0 Å². The van der Waals surface area contributed by atoms with Crippen LogP contribution in [0.25, 0.3) is 11.1 Å². The molecule has 0 aliphatic heterocycles. The molecule has 0 radical (unpaired) electrons. The first-order valence-corrected chi connectivity index (χ1v) is 7.78. The normalized spacial score (nSPS) is 10.7. The molecule has 0 bridgehead atoms. The van der Waals surface area contributed by atoms with Gasteiger partial charge < -0.3 is 0 Å². The van der Waals surface area contributed by atoms with E-state index in [1.54, 1.807) is 18.3 Å². The van der Waals surface area contributed by atoms with Gasteiger partial charge in [0.05, 0.1) is 6.21 Å². The highest BCUT2D eigenvalue weighted by atomic mass is 16.2. The Morgan fingerprint density at radius 1 is 0.875 bits per heavy atom. The number of amides is 1. The molecule has 0 aromatic heterocycles. The van der Waals surface area contributed by atoms with E-state index in [0.717, 1.165) is 22.3 Å². The van der Waals surface area contributed by atoms with Crippen LogP contribution in [0.5, 0.6) is 0 Å². The van der Waals surface area contributed by atoms with Crippen LogP contribution in [0.3, 0.4) is 0 Å². The fourth-order valence-electron chi connectivity index (χ4n) is 2.43. The Hall–Kier alpha value is -3.20. The quantitative estimate of drug-likeness (QED) is 0.562. The summed E-state index contributed by atoms with van der Waals surface area (Å²) < 4.78 is 0. The smallest absolute Gasteiger partial charge is 0.267 e. The molecule has 118 valence electrons.